The molecule has 2 rings (SSSR count). The van der Waals surface area contributed by atoms with E-state index in [9.17, 15) is 9.59 Å². The number of fused-ring (bicyclic) bond motifs is 1. The predicted molar refractivity (Wildman–Crippen MR) is 56.0 cm³/mol. The number of thiol groups is 1. The lowest BCUT2D eigenvalue weighted by atomic mass is 10.4. The first kappa shape index (κ1) is 9.14. The summed E-state index contributed by atoms with van der Waals surface area (Å²) in [5, 5.41) is 0.568. The van der Waals surface area contributed by atoms with E-state index in [1.807, 2.05) is 0 Å². The van der Waals surface area contributed by atoms with Crippen LogP contribution < -0.4 is 11.2 Å². The van der Waals surface area contributed by atoms with Crippen molar-refractivity contribution in [1.82, 2.24) is 14.1 Å². The maximum Gasteiger partial charge on any atom is 0.331 e. The first-order chi connectivity index (χ1) is 6.52. The Morgan fingerprint density at radius 2 is 1.93 bits per heavy atom. The third-order valence-electron chi connectivity index (χ3n) is 2.24. The first-order valence-electron chi connectivity index (χ1n) is 4.00. The van der Waals surface area contributed by atoms with Crippen LogP contribution in [0, 0.1) is 0 Å². The highest BCUT2D eigenvalue weighted by Gasteiger charge is 2.09. The molecule has 0 aliphatic rings. The highest BCUT2D eigenvalue weighted by atomic mass is 32.1. The van der Waals surface area contributed by atoms with Crippen molar-refractivity contribution < 1.29 is 0 Å². The highest BCUT2D eigenvalue weighted by Crippen LogP contribution is 2.11. The molecule has 0 unspecified atom stereocenters. The molecule has 74 valence electrons. The number of aromatic amines is 1. The SMILES string of the molecule is Cn1c(=O)c2[nH]c(S)cc2n(C)c1=O. The van der Waals surface area contributed by atoms with E-state index < -0.39 is 0 Å². The number of nitrogens with zero attached hydrogens (tertiary/aromatic N) is 2. The van der Waals surface area contributed by atoms with Crippen molar-refractivity contribution in [2.45, 2.75) is 5.03 Å². The van der Waals surface area contributed by atoms with E-state index in [4.69, 9.17) is 0 Å². The van der Waals surface area contributed by atoms with E-state index in [1.165, 1.54) is 11.6 Å². The summed E-state index contributed by atoms with van der Waals surface area (Å²) in [7, 11) is 3.06. The molecule has 14 heavy (non-hydrogen) atoms. The van der Waals surface area contributed by atoms with Gasteiger partial charge in [-0.15, -0.1) is 12.6 Å². The molecule has 0 saturated carbocycles. The quantitative estimate of drug-likeness (QED) is 0.595. The zero-order valence-corrected chi connectivity index (χ0v) is 8.63. The number of H-pyrrole nitrogens is 1. The second-order valence-corrected chi connectivity index (χ2v) is 3.60. The molecule has 5 nitrogen and oxygen atoms in total. The number of aryl methyl sites for hydroxylation is 1. The van der Waals surface area contributed by atoms with E-state index in [0.29, 0.717) is 16.1 Å². The first-order valence-corrected chi connectivity index (χ1v) is 4.45. The Bertz CT molecular complexity index is 620. The van der Waals surface area contributed by atoms with Gasteiger partial charge in [0, 0.05) is 14.1 Å². The van der Waals surface area contributed by atoms with Crippen LogP contribution in [-0.2, 0) is 14.1 Å². The predicted octanol–water partition coefficient (Wildman–Crippen LogP) is -0.146. The molecule has 1 N–H and O–H groups in total. The average Bonchev–Trinajstić information content (AvgIpc) is 2.54. The minimum atomic E-state index is -0.338. The molecule has 0 radical (unpaired) electrons. The van der Waals surface area contributed by atoms with Gasteiger partial charge in [0.1, 0.15) is 5.52 Å². The highest BCUT2D eigenvalue weighted by molar-refractivity contribution is 7.80. The van der Waals surface area contributed by atoms with Crippen LogP contribution in [0.2, 0.25) is 0 Å². The van der Waals surface area contributed by atoms with Gasteiger partial charge in [-0.2, -0.15) is 0 Å². The summed E-state index contributed by atoms with van der Waals surface area (Å²) in [5.41, 5.74) is 0.306. The van der Waals surface area contributed by atoms with Gasteiger partial charge in [0.05, 0.1) is 10.5 Å². The van der Waals surface area contributed by atoms with E-state index >= 15 is 0 Å². The van der Waals surface area contributed by atoms with Crippen LogP contribution >= 0.6 is 12.6 Å². The molecule has 0 spiro atoms. The molecule has 0 aromatic carbocycles. The van der Waals surface area contributed by atoms with Crippen LogP contribution in [0.15, 0.2) is 20.7 Å². The summed E-state index contributed by atoms with van der Waals surface area (Å²) in [5.74, 6) is 0. The molecule has 0 aliphatic heterocycles. The van der Waals surface area contributed by atoms with Gasteiger partial charge in [-0.1, -0.05) is 0 Å². The van der Waals surface area contributed by atoms with Crippen LogP contribution in [0.3, 0.4) is 0 Å². The van der Waals surface area contributed by atoms with Crippen molar-refractivity contribution in [3.8, 4) is 0 Å². The molecule has 2 aromatic heterocycles. The topological polar surface area (TPSA) is 59.8 Å². The number of hydrogen-bond donors (Lipinski definition) is 2. The Morgan fingerprint density at radius 3 is 2.57 bits per heavy atom. The summed E-state index contributed by atoms with van der Waals surface area (Å²) in [4.78, 5) is 25.9. The van der Waals surface area contributed by atoms with Crippen LogP contribution in [0.1, 0.15) is 0 Å². The van der Waals surface area contributed by atoms with Gasteiger partial charge in [0.2, 0.25) is 0 Å². The van der Waals surface area contributed by atoms with Gasteiger partial charge in [-0.25, -0.2) is 4.79 Å². The summed E-state index contributed by atoms with van der Waals surface area (Å²) in [6.45, 7) is 0. The maximum absolute atomic E-state index is 11.6. The van der Waals surface area contributed by atoms with Crippen molar-refractivity contribution in [3.05, 3.63) is 26.9 Å². The monoisotopic (exact) mass is 211 g/mol. The fraction of sp³-hybridized carbons (Fsp3) is 0.250. The van der Waals surface area contributed by atoms with Crippen molar-refractivity contribution in [3.63, 3.8) is 0 Å². The lowest BCUT2D eigenvalue weighted by Gasteiger charge is -2.02. The number of rotatable bonds is 0. The van der Waals surface area contributed by atoms with Crippen molar-refractivity contribution in [2.24, 2.45) is 14.1 Å². The third-order valence-corrected chi connectivity index (χ3v) is 2.48. The van der Waals surface area contributed by atoms with Crippen LogP contribution in [0.5, 0.6) is 0 Å². The number of aromatic nitrogens is 3. The summed E-state index contributed by atoms with van der Waals surface area (Å²) in [6, 6.07) is 1.65. The van der Waals surface area contributed by atoms with Crippen molar-refractivity contribution in [2.75, 3.05) is 0 Å². The third kappa shape index (κ3) is 1.04. The van der Waals surface area contributed by atoms with Gasteiger partial charge in [-0.3, -0.25) is 13.9 Å². The molecule has 0 bridgehead atoms. The van der Waals surface area contributed by atoms with E-state index in [0.717, 1.165) is 4.57 Å². The van der Waals surface area contributed by atoms with Gasteiger partial charge in [0.15, 0.2) is 0 Å². The van der Waals surface area contributed by atoms with Gasteiger partial charge < -0.3 is 4.98 Å². The van der Waals surface area contributed by atoms with E-state index in [1.54, 1.807) is 13.1 Å². The lowest BCUT2D eigenvalue weighted by Crippen LogP contribution is -2.36. The maximum atomic E-state index is 11.6. The molecule has 0 amide bonds. The summed E-state index contributed by atoms with van der Waals surface area (Å²) < 4.78 is 2.47. The normalized spacial score (nSPS) is 11.1. The number of nitrogens with one attached hydrogen (secondary N) is 1. The fourth-order valence-electron chi connectivity index (χ4n) is 1.44. The molecular formula is C8H9N3O2S. The second kappa shape index (κ2) is 2.78. The molecule has 2 aromatic rings. The van der Waals surface area contributed by atoms with Crippen molar-refractivity contribution >= 4 is 23.7 Å². The van der Waals surface area contributed by atoms with E-state index in [2.05, 4.69) is 17.6 Å². The largest absolute Gasteiger partial charge is 0.344 e. The molecule has 0 atom stereocenters. The Labute approximate surface area is 84.4 Å². The smallest absolute Gasteiger partial charge is 0.331 e. The van der Waals surface area contributed by atoms with E-state index in [-0.39, 0.29) is 11.2 Å². The van der Waals surface area contributed by atoms with Gasteiger partial charge in [0.25, 0.3) is 5.56 Å². The summed E-state index contributed by atoms with van der Waals surface area (Å²) in [6.07, 6.45) is 0. The zero-order chi connectivity index (χ0) is 10.5. The summed E-state index contributed by atoms with van der Waals surface area (Å²) >= 11 is 4.09. The second-order valence-electron chi connectivity index (χ2n) is 3.12. The van der Waals surface area contributed by atoms with Crippen LogP contribution in [0.4, 0.5) is 0 Å². The molecular weight excluding hydrogens is 202 g/mol. The average molecular weight is 211 g/mol. The standard InChI is InChI=1S/C8H9N3O2S/c1-10-4-3-5(14)9-6(4)7(12)11(2)8(10)13/h3,9,14H,1-2H3. The molecule has 0 saturated heterocycles. The van der Waals surface area contributed by atoms with Gasteiger partial charge >= 0.3 is 5.69 Å². The Morgan fingerprint density at radius 1 is 1.29 bits per heavy atom. The van der Waals surface area contributed by atoms with Crippen LogP contribution in [0.25, 0.3) is 11.0 Å². The zero-order valence-electron chi connectivity index (χ0n) is 7.74. The Balaban J connectivity index is 3.17. The molecule has 2 heterocycles. The van der Waals surface area contributed by atoms with Gasteiger partial charge in [-0.05, 0) is 6.07 Å². The minimum absolute atomic E-state index is 0.330. The Kier molecular flexibility index (Phi) is 1.81. The van der Waals surface area contributed by atoms with Crippen LogP contribution in [-0.4, -0.2) is 14.1 Å². The molecule has 0 fully saturated rings. The molecule has 0 aliphatic carbocycles. The minimum Gasteiger partial charge on any atom is -0.344 e. The fourth-order valence-corrected chi connectivity index (χ4v) is 1.67. The van der Waals surface area contributed by atoms with Crippen molar-refractivity contribution in [1.29, 1.82) is 0 Å². The number of hydrogen-bond acceptors (Lipinski definition) is 3. The molecule has 6 heteroatoms. The lowest BCUT2D eigenvalue weighted by molar-refractivity contribution is 0.713. The Hall–Kier alpha value is -1.43.